The van der Waals surface area contributed by atoms with Crippen molar-refractivity contribution in [3.63, 3.8) is 0 Å². The van der Waals surface area contributed by atoms with E-state index in [9.17, 15) is 13.6 Å². The number of hydrogen-bond donors (Lipinski definition) is 0. The maximum absolute atomic E-state index is 13.8. The zero-order valence-electron chi connectivity index (χ0n) is 16.6. The lowest BCUT2D eigenvalue weighted by Crippen LogP contribution is -2.44. The molecule has 0 fully saturated rings. The van der Waals surface area contributed by atoms with E-state index in [-0.39, 0.29) is 23.1 Å². The predicted octanol–water partition coefficient (Wildman–Crippen LogP) is 3.96. The first-order chi connectivity index (χ1) is 12.6. The monoisotopic (exact) mass is 382 g/mol. The van der Waals surface area contributed by atoms with Gasteiger partial charge in [0, 0.05) is 32.7 Å². The van der Waals surface area contributed by atoms with Gasteiger partial charge >= 0.3 is 0 Å². The molecule has 150 valence electrons. The number of hydrogen-bond acceptors (Lipinski definition) is 4. The smallest absolute Gasteiger partial charge is 0.271 e. The molecule has 0 heterocycles. The summed E-state index contributed by atoms with van der Waals surface area (Å²) in [6, 6.07) is 5.64. The molecule has 0 spiro atoms. The maximum atomic E-state index is 13.8. The Bertz CT molecular complexity index is 666. The Balaban J connectivity index is 3.13. The number of benzene rings is 1. The van der Waals surface area contributed by atoms with Gasteiger partial charge < -0.3 is 14.4 Å². The Hall–Kier alpha value is -2.20. The lowest BCUT2D eigenvalue weighted by molar-refractivity contribution is -0.139. The molecule has 1 aromatic rings. The van der Waals surface area contributed by atoms with E-state index in [4.69, 9.17) is 14.7 Å². The van der Waals surface area contributed by atoms with Crippen molar-refractivity contribution in [3.05, 3.63) is 29.3 Å². The molecule has 1 unspecified atom stereocenters. The lowest BCUT2D eigenvalue weighted by Gasteiger charge is -2.28. The van der Waals surface area contributed by atoms with Gasteiger partial charge in [-0.05, 0) is 37.5 Å². The van der Waals surface area contributed by atoms with E-state index in [2.05, 4.69) is 0 Å². The van der Waals surface area contributed by atoms with Crippen LogP contribution >= 0.6 is 0 Å². The topological polar surface area (TPSA) is 62.6 Å². The van der Waals surface area contributed by atoms with E-state index in [1.54, 1.807) is 18.1 Å². The van der Waals surface area contributed by atoms with Gasteiger partial charge in [0.1, 0.15) is 5.75 Å². The van der Waals surface area contributed by atoms with E-state index in [0.29, 0.717) is 26.1 Å². The van der Waals surface area contributed by atoms with Crippen LogP contribution in [-0.2, 0) is 15.5 Å². The van der Waals surface area contributed by atoms with Gasteiger partial charge in [-0.3, -0.25) is 4.79 Å². The number of halogens is 2. The predicted molar refractivity (Wildman–Crippen MR) is 98.7 cm³/mol. The fourth-order valence-electron chi connectivity index (χ4n) is 2.68. The third kappa shape index (κ3) is 6.79. The first-order valence-electron chi connectivity index (χ1n) is 9.00. The van der Waals surface area contributed by atoms with Gasteiger partial charge in [-0.1, -0.05) is 13.8 Å². The van der Waals surface area contributed by atoms with Crippen LogP contribution in [0, 0.1) is 17.2 Å². The number of likely N-dealkylation sites (N-methyl/N-ethyl adjacent to an activating group) is 1. The molecule has 0 N–H and O–H groups in total. The number of ether oxygens (including phenoxy) is 2. The van der Waals surface area contributed by atoms with Crippen LogP contribution in [0.2, 0.25) is 0 Å². The van der Waals surface area contributed by atoms with Gasteiger partial charge in [0.15, 0.2) is 6.10 Å². The van der Waals surface area contributed by atoms with Crippen molar-refractivity contribution in [3.8, 4) is 11.8 Å². The Kier molecular flexibility index (Phi) is 8.64. The molecule has 5 nitrogen and oxygen atoms in total. The fraction of sp³-hybridized carbons (Fsp3) is 0.600. The number of amides is 1. The number of carbonyl (C=O) groups excluding carboxylic acids is 1. The number of alkyl halides is 2. The molecule has 0 bridgehead atoms. The molecule has 0 aliphatic carbocycles. The Morgan fingerprint density at radius 3 is 2.52 bits per heavy atom. The lowest BCUT2D eigenvalue weighted by atomic mass is 10.0. The summed E-state index contributed by atoms with van der Waals surface area (Å²) in [5.74, 6) is -3.08. The molecule has 27 heavy (non-hydrogen) atoms. The fourth-order valence-corrected chi connectivity index (χ4v) is 2.68. The van der Waals surface area contributed by atoms with Crippen molar-refractivity contribution < 1.29 is 23.0 Å². The average Bonchev–Trinajstić information content (AvgIpc) is 2.60. The molecule has 7 heteroatoms. The van der Waals surface area contributed by atoms with Crippen molar-refractivity contribution in [1.82, 2.24) is 4.90 Å². The van der Waals surface area contributed by atoms with E-state index in [1.165, 1.54) is 12.1 Å². The van der Waals surface area contributed by atoms with Crippen LogP contribution in [-0.4, -0.2) is 43.7 Å². The second kappa shape index (κ2) is 10.2. The maximum Gasteiger partial charge on any atom is 0.271 e. The van der Waals surface area contributed by atoms with Crippen LogP contribution in [0.3, 0.4) is 0 Å². The standard InChI is InChI=1S/C20H28F2N2O3/c1-6-24(9-10-26-5)19(25)18(11-14(2)3)27-16-8-7-15(13-23)17(12-16)20(4,21)22/h7-8,12,14,18H,6,9-11H2,1-5H3. The highest BCUT2D eigenvalue weighted by Gasteiger charge is 2.30. The van der Waals surface area contributed by atoms with Crippen molar-refractivity contribution in [2.75, 3.05) is 26.8 Å². The Morgan fingerprint density at radius 2 is 2.04 bits per heavy atom. The van der Waals surface area contributed by atoms with E-state index in [1.807, 2.05) is 20.8 Å². The van der Waals surface area contributed by atoms with Crippen LogP contribution in [0.15, 0.2) is 18.2 Å². The minimum Gasteiger partial charge on any atom is -0.481 e. The van der Waals surface area contributed by atoms with Crippen LogP contribution in [0.25, 0.3) is 0 Å². The number of nitriles is 1. The summed E-state index contributed by atoms with van der Waals surface area (Å²) in [4.78, 5) is 14.5. The normalized spacial score (nSPS) is 12.6. The highest BCUT2D eigenvalue weighted by atomic mass is 19.3. The highest BCUT2D eigenvalue weighted by Crippen LogP contribution is 2.33. The summed E-state index contributed by atoms with van der Waals surface area (Å²) in [6.45, 7) is 7.82. The largest absolute Gasteiger partial charge is 0.481 e. The minimum atomic E-state index is -3.18. The molecule has 0 radical (unpaired) electrons. The van der Waals surface area contributed by atoms with Crippen LogP contribution in [0.4, 0.5) is 8.78 Å². The molecule has 0 aromatic heterocycles. The summed E-state index contributed by atoms with van der Waals surface area (Å²) in [5.41, 5.74) is -0.526. The Labute approximate surface area is 159 Å². The first kappa shape index (κ1) is 22.8. The molecule has 1 amide bonds. The van der Waals surface area contributed by atoms with E-state index < -0.39 is 17.6 Å². The van der Waals surface area contributed by atoms with Crippen LogP contribution in [0.1, 0.15) is 45.2 Å². The van der Waals surface area contributed by atoms with Crippen molar-refractivity contribution in [1.29, 1.82) is 5.26 Å². The summed E-state index contributed by atoms with van der Waals surface area (Å²) in [6.07, 6.45) is -0.353. The van der Waals surface area contributed by atoms with Gasteiger partial charge in [0.2, 0.25) is 0 Å². The summed E-state index contributed by atoms with van der Waals surface area (Å²) in [5, 5.41) is 9.05. The van der Waals surface area contributed by atoms with E-state index >= 15 is 0 Å². The zero-order chi connectivity index (χ0) is 20.6. The molecular formula is C20H28F2N2O3. The van der Waals surface area contributed by atoms with Gasteiger partial charge in [-0.25, -0.2) is 8.78 Å². The number of methoxy groups -OCH3 is 1. The molecule has 1 aromatic carbocycles. The van der Waals surface area contributed by atoms with Gasteiger partial charge in [0.25, 0.3) is 11.8 Å². The van der Waals surface area contributed by atoms with Gasteiger partial charge in [0.05, 0.1) is 18.2 Å². The van der Waals surface area contributed by atoms with E-state index in [0.717, 1.165) is 13.0 Å². The SMILES string of the molecule is CCN(CCOC)C(=O)C(CC(C)C)Oc1ccc(C#N)c(C(C)(F)F)c1. The third-order valence-electron chi connectivity index (χ3n) is 4.08. The summed E-state index contributed by atoms with van der Waals surface area (Å²) in [7, 11) is 1.56. The number of carbonyl (C=O) groups is 1. The van der Waals surface area contributed by atoms with Crippen LogP contribution in [0.5, 0.6) is 5.75 Å². The average molecular weight is 382 g/mol. The summed E-state index contributed by atoms with van der Waals surface area (Å²) < 4.78 is 38.5. The Morgan fingerprint density at radius 1 is 1.37 bits per heavy atom. The molecule has 1 rings (SSSR count). The molecule has 0 aliphatic rings. The first-order valence-corrected chi connectivity index (χ1v) is 9.00. The molecule has 0 aliphatic heterocycles. The zero-order valence-corrected chi connectivity index (χ0v) is 16.6. The highest BCUT2D eigenvalue weighted by molar-refractivity contribution is 5.81. The third-order valence-corrected chi connectivity index (χ3v) is 4.08. The molecule has 0 saturated heterocycles. The van der Waals surface area contributed by atoms with Crippen LogP contribution < -0.4 is 4.74 Å². The molecule has 0 saturated carbocycles. The minimum absolute atomic E-state index is 0.114. The second-order valence-corrected chi connectivity index (χ2v) is 6.85. The molecule has 1 atom stereocenters. The van der Waals surface area contributed by atoms with Gasteiger partial charge in [-0.2, -0.15) is 5.26 Å². The number of rotatable bonds is 10. The van der Waals surface area contributed by atoms with Crippen molar-refractivity contribution in [2.24, 2.45) is 5.92 Å². The van der Waals surface area contributed by atoms with Crippen molar-refractivity contribution >= 4 is 5.91 Å². The van der Waals surface area contributed by atoms with Crippen molar-refractivity contribution in [2.45, 2.75) is 46.1 Å². The number of nitrogens with zero attached hydrogens (tertiary/aromatic N) is 2. The molecular weight excluding hydrogens is 354 g/mol. The quantitative estimate of drug-likeness (QED) is 0.615. The second-order valence-electron chi connectivity index (χ2n) is 6.85. The van der Waals surface area contributed by atoms with Gasteiger partial charge in [-0.15, -0.1) is 0 Å². The summed E-state index contributed by atoms with van der Waals surface area (Å²) >= 11 is 0.